The van der Waals surface area contributed by atoms with Crippen molar-refractivity contribution < 1.29 is 19.5 Å². The van der Waals surface area contributed by atoms with Crippen LogP contribution in [0.1, 0.15) is 32.6 Å². The fraction of sp³-hybridized carbons (Fsp3) is 0.786. The summed E-state index contributed by atoms with van der Waals surface area (Å²) in [6, 6.07) is -0.174. The molecule has 0 aromatic rings. The Kier molecular flexibility index (Phi) is 6.98. The summed E-state index contributed by atoms with van der Waals surface area (Å²) in [6.45, 7) is 3.21. The van der Waals surface area contributed by atoms with E-state index in [-0.39, 0.29) is 17.9 Å². The second-order valence-electron chi connectivity index (χ2n) is 5.51. The average molecular weight is 299 g/mol. The molecule has 1 saturated heterocycles. The zero-order chi connectivity index (χ0) is 15.8. The minimum atomic E-state index is -0.814. The van der Waals surface area contributed by atoms with Gasteiger partial charge in [0.25, 0.3) is 0 Å². The SMILES string of the molecule is CNC(=O)C1CCCN(C(=O)NCCCC(C)C(=O)O)C1. The monoisotopic (exact) mass is 299 g/mol. The Balaban J connectivity index is 2.28. The minimum absolute atomic E-state index is 0.0252. The van der Waals surface area contributed by atoms with E-state index in [2.05, 4.69) is 10.6 Å². The van der Waals surface area contributed by atoms with Crippen LogP contribution in [0.3, 0.4) is 0 Å². The molecule has 1 heterocycles. The van der Waals surface area contributed by atoms with Crippen LogP contribution in [0.5, 0.6) is 0 Å². The van der Waals surface area contributed by atoms with E-state index in [1.165, 1.54) is 0 Å². The maximum Gasteiger partial charge on any atom is 0.317 e. The Morgan fingerprint density at radius 3 is 2.71 bits per heavy atom. The van der Waals surface area contributed by atoms with Crippen molar-refractivity contribution in [1.29, 1.82) is 0 Å². The second kappa shape index (κ2) is 8.49. The van der Waals surface area contributed by atoms with Gasteiger partial charge in [-0.05, 0) is 25.7 Å². The fourth-order valence-corrected chi connectivity index (χ4v) is 2.42. The highest BCUT2D eigenvalue weighted by Crippen LogP contribution is 2.16. The molecule has 21 heavy (non-hydrogen) atoms. The van der Waals surface area contributed by atoms with Crippen LogP contribution < -0.4 is 10.6 Å². The topological polar surface area (TPSA) is 98.7 Å². The van der Waals surface area contributed by atoms with Crippen molar-refractivity contribution in [3.63, 3.8) is 0 Å². The number of nitrogens with zero attached hydrogens (tertiary/aromatic N) is 1. The first kappa shape index (κ1) is 17.3. The third kappa shape index (κ3) is 5.61. The summed E-state index contributed by atoms with van der Waals surface area (Å²) in [5, 5.41) is 14.2. The molecule has 7 heteroatoms. The molecule has 120 valence electrons. The quantitative estimate of drug-likeness (QED) is 0.627. The van der Waals surface area contributed by atoms with Crippen molar-refractivity contribution in [2.45, 2.75) is 32.6 Å². The molecular formula is C14H25N3O4. The van der Waals surface area contributed by atoms with Gasteiger partial charge in [0.1, 0.15) is 0 Å². The smallest absolute Gasteiger partial charge is 0.317 e. The number of piperidine rings is 1. The number of likely N-dealkylation sites (tertiary alicyclic amines) is 1. The fourth-order valence-electron chi connectivity index (χ4n) is 2.42. The lowest BCUT2D eigenvalue weighted by Crippen LogP contribution is -2.48. The van der Waals surface area contributed by atoms with Crippen molar-refractivity contribution in [3.05, 3.63) is 0 Å². The maximum absolute atomic E-state index is 12.0. The molecule has 0 radical (unpaired) electrons. The molecular weight excluding hydrogens is 274 g/mol. The van der Waals surface area contributed by atoms with Gasteiger partial charge in [-0.15, -0.1) is 0 Å². The zero-order valence-electron chi connectivity index (χ0n) is 12.7. The number of nitrogens with one attached hydrogen (secondary N) is 2. The number of urea groups is 1. The zero-order valence-corrected chi connectivity index (χ0v) is 12.7. The first-order valence-corrected chi connectivity index (χ1v) is 7.43. The van der Waals surface area contributed by atoms with E-state index in [1.807, 2.05) is 0 Å². The molecule has 0 aromatic heterocycles. The van der Waals surface area contributed by atoms with Gasteiger partial charge in [-0.3, -0.25) is 9.59 Å². The molecule has 0 aliphatic carbocycles. The largest absolute Gasteiger partial charge is 0.481 e. The summed E-state index contributed by atoms with van der Waals surface area (Å²) < 4.78 is 0. The van der Waals surface area contributed by atoms with E-state index in [1.54, 1.807) is 18.9 Å². The van der Waals surface area contributed by atoms with Crippen molar-refractivity contribution in [3.8, 4) is 0 Å². The lowest BCUT2D eigenvalue weighted by atomic mass is 9.97. The van der Waals surface area contributed by atoms with Crippen LogP contribution in [0.4, 0.5) is 4.79 Å². The van der Waals surface area contributed by atoms with Crippen LogP contribution in [-0.4, -0.2) is 54.6 Å². The molecule has 0 spiro atoms. The van der Waals surface area contributed by atoms with E-state index >= 15 is 0 Å². The number of aliphatic carboxylic acids is 1. The molecule has 2 unspecified atom stereocenters. The number of carboxylic acids is 1. The highest BCUT2D eigenvalue weighted by atomic mass is 16.4. The third-order valence-electron chi connectivity index (χ3n) is 3.84. The van der Waals surface area contributed by atoms with E-state index in [0.29, 0.717) is 32.5 Å². The van der Waals surface area contributed by atoms with Crippen molar-refractivity contribution in [1.82, 2.24) is 15.5 Å². The van der Waals surface area contributed by atoms with E-state index in [4.69, 9.17) is 5.11 Å². The summed E-state index contributed by atoms with van der Waals surface area (Å²) in [5.74, 6) is -1.37. The van der Waals surface area contributed by atoms with Gasteiger partial charge in [0.15, 0.2) is 0 Å². The highest BCUT2D eigenvalue weighted by Gasteiger charge is 2.27. The van der Waals surface area contributed by atoms with Gasteiger partial charge in [0, 0.05) is 26.7 Å². The predicted molar refractivity (Wildman–Crippen MR) is 77.8 cm³/mol. The Morgan fingerprint density at radius 1 is 1.38 bits per heavy atom. The van der Waals surface area contributed by atoms with Gasteiger partial charge >= 0.3 is 12.0 Å². The first-order chi connectivity index (χ1) is 9.95. The molecule has 1 aliphatic rings. The van der Waals surface area contributed by atoms with Crippen molar-refractivity contribution in [2.24, 2.45) is 11.8 Å². The summed E-state index contributed by atoms with van der Waals surface area (Å²) in [7, 11) is 1.60. The summed E-state index contributed by atoms with van der Waals surface area (Å²) in [5.41, 5.74) is 0. The van der Waals surface area contributed by atoms with Gasteiger partial charge in [-0.25, -0.2) is 4.79 Å². The van der Waals surface area contributed by atoms with Gasteiger partial charge in [0.2, 0.25) is 5.91 Å². The molecule has 7 nitrogen and oxygen atoms in total. The molecule has 2 atom stereocenters. The van der Waals surface area contributed by atoms with Gasteiger partial charge in [0.05, 0.1) is 11.8 Å². The molecule has 0 saturated carbocycles. The van der Waals surface area contributed by atoms with Crippen LogP contribution in [0.25, 0.3) is 0 Å². The number of rotatable bonds is 6. The lowest BCUT2D eigenvalue weighted by molar-refractivity contribution is -0.141. The van der Waals surface area contributed by atoms with E-state index in [9.17, 15) is 14.4 Å². The number of carbonyl (C=O) groups is 3. The average Bonchev–Trinajstić information content (AvgIpc) is 2.50. The van der Waals surface area contributed by atoms with Crippen LogP contribution >= 0.6 is 0 Å². The molecule has 0 aromatic carbocycles. The maximum atomic E-state index is 12.0. The standard InChI is InChI=1S/C14H25N3O4/c1-10(13(19)20)5-3-7-16-14(21)17-8-4-6-11(9-17)12(18)15-2/h10-11H,3-9H2,1-2H3,(H,15,18)(H,16,21)(H,19,20). The van der Waals surface area contributed by atoms with Gasteiger partial charge in [-0.2, -0.15) is 0 Å². The number of amides is 3. The summed E-state index contributed by atoms with van der Waals surface area (Å²) >= 11 is 0. The Morgan fingerprint density at radius 2 is 2.10 bits per heavy atom. The van der Waals surface area contributed by atoms with Crippen LogP contribution in [0.15, 0.2) is 0 Å². The van der Waals surface area contributed by atoms with Crippen molar-refractivity contribution >= 4 is 17.9 Å². The molecule has 1 rings (SSSR count). The molecule has 3 amide bonds. The number of carbonyl (C=O) groups excluding carboxylic acids is 2. The second-order valence-corrected chi connectivity index (χ2v) is 5.51. The number of hydrogen-bond donors (Lipinski definition) is 3. The van der Waals surface area contributed by atoms with Crippen LogP contribution in [0.2, 0.25) is 0 Å². The van der Waals surface area contributed by atoms with Gasteiger partial charge < -0.3 is 20.6 Å². The molecule has 1 fully saturated rings. The van der Waals surface area contributed by atoms with Crippen LogP contribution in [0, 0.1) is 11.8 Å². The Bertz CT molecular complexity index is 386. The predicted octanol–water partition coefficient (Wildman–Crippen LogP) is 0.655. The Labute approximate surface area is 125 Å². The van der Waals surface area contributed by atoms with E-state index < -0.39 is 11.9 Å². The lowest BCUT2D eigenvalue weighted by Gasteiger charge is -2.31. The number of carboxylic acid groups (broad SMARTS) is 1. The van der Waals surface area contributed by atoms with E-state index in [0.717, 1.165) is 12.8 Å². The molecule has 3 N–H and O–H groups in total. The summed E-state index contributed by atoms with van der Waals surface area (Å²) in [6.07, 6.45) is 2.80. The first-order valence-electron chi connectivity index (χ1n) is 7.43. The molecule has 0 bridgehead atoms. The van der Waals surface area contributed by atoms with Crippen LogP contribution in [-0.2, 0) is 9.59 Å². The number of hydrogen-bond acceptors (Lipinski definition) is 3. The highest BCUT2D eigenvalue weighted by molar-refractivity contribution is 5.80. The third-order valence-corrected chi connectivity index (χ3v) is 3.84. The Hall–Kier alpha value is -1.79. The van der Waals surface area contributed by atoms with Crippen molar-refractivity contribution in [2.75, 3.05) is 26.7 Å². The molecule has 1 aliphatic heterocycles. The summed E-state index contributed by atoms with van der Waals surface area (Å²) in [4.78, 5) is 35.9. The minimum Gasteiger partial charge on any atom is -0.481 e. The normalized spacial score (nSPS) is 19.7. The van der Waals surface area contributed by atoms with Gasteiger partial charge in [-0.1, -0.05) is 6.92 Å².